The van der Waals surface area contributed by atoms with Crippen LogP contribution in [-0.2, 0) is 22.6 Å². The van der Waals surface area contributed by atoms with Crippen LogP contribution >= 0.6 is 0 Å². The SMILES string of the molecule is O=C(O)CCc1cccc(C#CCCNC(=O)OCc2ccccc2)c1. The van der Waals surface area contributed by atoms with Crippen LogP contribution in [0.2, 0.25) is 0 Å². The molecule has 0 unspecified atom stereocenters. The van der Waals surface area contributed by atoms with E-state index >= 15 is 0 Å². The third-order valence-corrected chi connectivity index (χ3v) is 3.52. The maximum atomic E-state index is 11.6. The molecule has 2 rings (SSSR count). The number of amides is 1. The Balaban J connectivity index is 1.69. The van der Waals surface area contributed by atoms with Gasteiger partial charge in [0.1, 0.15) is 6.61 Å². The first kappa shape index (κ1) is 19.1. The van der Waals surface area contributed by atoms with Gasteiger partial charge in [-0.15, -0.1) is 0 Å². The van der Waals surface area contributed by atoms with Gasteiger partial charge in [-0.05, 0) is 29.7 Å². The van der Waals surface area contributed by atoms with Gasteiger partial charge in [-0.1, -0.05) is 54.3 Å². The molecule has 0 saturated carbocycles. The van der Waals surface area contributed by atoms with Gasteiger partial charge < -0.3 is 15.2 Å². The highest BCUT2D eigenvalue weighted by molar-refractivity contribution is 5.67. The van der Waals surface area contributed by atoms with E-state index in [2.05, 4.69) is 17.2 Å². The number of carbonyl (C=O) groups is 2. The summed E-state index contributed by atoms with van der Waals surface area (Å²) in [6.07, 6.45) is 0.622. The van der Waals surface area contributed by atoms with Crippen molar-refractivity contribution in [2.45, 2.75) is 25.9 Å². The predicted molar refractivity (Wildman–Crippen MR) is 98.5 cm³/mol. The predicted octanol–water partition coefficient (Wildman–Crippen LogP) is 3.37. The second kappa shape index (κ2) is 10.6. The van der Waals surface area contributed by atoms with Gasteiger partial charge in [-0.2, -0.15) is 0 Å². The zero-order valence-electron chi connectivity index (χ0n) is 14.4. The summed E-state index contributed by atoms with van der Waals surface area (Å²) >= 11 is 0. The van der Waals surface area contributed by atoms with Gasteiger partial charge in [0.2, 0.25) is 0 Å². The molecule has 26 heavy (non-hydrogen) atoms. The Morgan fingerprint density at radius 2 is 1.81 bits per heavy atom. The quantitative estimate of drug-likeness (QED) is 0.592. The largest absolute Gasteiger partial charge is 0.481 e. The molecule has 5 heteroatoms. The maximum Gasteiger partial charge on any atom is 0.407 e. The van der Waals surface area contributed by atoms with Crippen LogP contribution in [0.1, 0.15) is 29.5 Å². The molecule has 0 aliphatic carbocycles. The van der Waals surface area contributed by atoms with Crippen molar-refractivity contribution >= 4 is 12.1 Å². The van der Waals surface area contributed by atoms with E-state index in [9.17, 15) is 9.59 Å². The summed E-state index contributed by atoms with van der Waals surface area (Å²) in [5, 5.41) is 11.4. The molecular weight excluding hydrogens is 330 g/mol. The minimum Gasteiger partial charge on any atom is -0.481 e. The Morgan fingerprint density at radius 1 is 1.04 bits per heavy atom. The summed E-state index contributed by atoms with van der Waals surface area (Å²) < 4.78 is 5.11. The fourth-order valence-electron chi connectivity index (χ4n) is 2.22. The van der Waals surface area contributed by atoms with Crippen molar-refractivity contribution in [3.05, 3.63) is 71.3 Å². The second-order valence-electron chi connectivity index (χ2n) is 5.63. The van der Waals surface area contributed by atoms with Gasteiger partial charge in [-0.3, -0.25) is 4.79 Å². The number of ether oxygens (including phenoxy) is 1. The highest BCUT2D eigenvalue weighted by atomic mass is 16.5. The minimum absolute atomic E-state index is 0.103. The first-order valence-corrected chi connectivity index (χ1v) is 8.37. The lowest BCUT2D eigenvalue weighted by Crippen LogP contribution is -2.24. The third-order valence-electron chi connectivity index (χ3n) is 3.52. The van der Waals surface area contributed by atoms with Crippen LogP contribution in [0.4, 0.5) is 4.79 Å². The second-order valence-corrected chi connectivity index (χ2v) is 5.63. The summed E-state index contributed by atoms with van der Waals surface area (Å²) in [4.78, 5) is 22.2. The number of benzene rings is 2. The van der Waals surface area contributed by atoms with Crippen LogP contribution in [0.15, 0.2) is 54.6 Å². The fourth-order valence-corrected chi connectivity index (χ4v) is 2.22. The normalized spacial score (nSPS) is 9.69. The molecule has 1 amide bonds. The molecule has 0 fully saturated rings. The van der Waals surface area contributed by atoms with Crippen LogP contribution in [-0.4, -0.2) is 23.7 Å². The molecule has 0 saturated heterocycles. The van der Waals surface area contributed by atoms with Crippen molar-refractivity contribution in [3.63, 3.8) is 0 Å². The van der Waals surface area contributed by atoms with Gasteiger partial charge in [0.05, 0.1) is 0 Å². The van der Waals surface area contributed by atoms with Crippen LogP contribution < -0.4 is 5.32 Å². The lowest BCUT2D eigenvalue weighted by atomic mass is 10.1. The third kappa shape index (κ3) is 7.54. The number of rotatable bonds is 7. The monoisotopic (exact) mass is 351 g/mol. The molecule has 5 nitrogen and oxygen atoms in total. The Hall–Kier alpha value is -3.26. The van der Waals surface area contributed by atoms with Gasteiger partial charge in [0.25, 0.3) is 0 Å². The number of aryl methyl sites for hydroxylation is 1. The van der Waals surface area contributed by atoms with Gasteiger partial charge >= 0.3 is 12.1 Å². The number of carbonyl (C=O) groups excluding carboxylic acids is 1. The van der Waals surface area contributed by atoms with Crippen molar-refractivity contribution in [1.82, 2.24) is 5.32 Å². The average molecular weight is 351 g/mol. The number of carboxylic acid groups (broad SMARTS) is 1. The number of alkyl carbamates (subject to hydrolysis) is 1. The molecule has 0 aliphatic rings. The van der Waals surface area contributed by atoms with Crippen molar-refractivity contribution < 1.29 is 19.4 Å². The smallest absolute Gasteiger partial charge is 0.407 e. The van der Waals surface area contributed by atoms with E-state index in [1.54, 1.807) is 0 Å². The Kier molecular flexibility index (Phi) is 7.75. The number of hydrogen-bond acceptors (Lipinski definition) is 3. The molecule has 0 spiro atoms. The molecule has 0 atom stereocenters. The van der Waals surface area contributed by atoms with Crippen LogP contribution in [0.5, 0.6) is 0 Å². The molecule has 0 aromatic heterocycles. The molecule has 0 heterocycles. The summed E-state index contributed by atoms with van der Waals surface area (Å²) in [5.41, 5.74) is 2.71. The average Bonchev–Trinajstić information content (AvgIpc) is 2.65. The van der Waals surface area contributed by atoms with E-state index in [0.29, 0.717) is 19.4 Å². The Morgan fingerprint density at radius 3 is 2.58 bits per heavy atom. The lowest BCUT2D eigenvalue weighted by Gasteiger charge is -2.05. The minimum atomic E-state index is -0.813. The molecule has 134 valence electrons. The van der Waals surface area contributed by atoms with E-state index in [1.807, 2.05) is 54.6 Å². The lowest BCUT2D eigenvalue weighted by molar-refractivity contribution is -0.136. The van der Waals surface area contributed by atoms with E-state index in [1.165, 1.54) is 0 Å². The molecule has 2 aromatic carbocycles. The summed E-state index contributed by atoms with van der Waals surface area (Å²) in [6, 6.07) is 17.0. The van der Waals surface area contributed by atoms with Crippen LogP contribution in [0.3, 0.4) is 0 Å². The summed E-state index contributed by atoms with van der Waals surface area (Å²) in [6.45, 7) is 0.640. The number of nitrogens with one attached hydrogen (secondary N) is 1. The summed E-state index contributed by atoms with van der Waals surface area (Å²) in [5.74, 6) is 5.19. The molecular formula is C21H21NO4. The molecule has 0 radical (unpaired) electrons. The Bertz CT molecular complexity index is 790. The first-order chi connectivity index (χ1) is 12.6. The molecule has 2 aromatic rings. The van der Waals surface area contributed by atoms with Gasteiger partial charge in [-0.25, -0.2) is 4.79 Å². The maximum absolute atomic E-state index is 11.6. The molecule has 2 N–H and O–H groups in total. The zero-order valence-corrected chi connectivity index (χ0v) is 14.4. The van der Waals surface area contributed by atoms with E-state index < -0.39 is 12.1 Å². The van der Waals surface area contributed by atoms with E-state index in [0.717, 1.165) is 16.7 Å². The number of carboxylic acids is 1. The van der Waals surface area contributed by atoms with Crippen molar-refractivity contribution in [1.29, 1.82) is 0 Å². The van der Waals surface area contributed by atoms with Gasteiger partial charge in [0.15, 0.2) is 0 Å². The fraction of sp³-hybridized carbons (Fsp3) is 0.238. The molecule has 0 bridgehead atoms. The van der Waals surface area contributed by atoms with Crippen molar-refractivity contribution in [2.75, 3.05) is 6.54 Å². The highest BCUT2D eigenvalue weighted by Crippen LogP contribution is 2.07. The van der Waals surface area contributed by atoms with Crippen molar-refractivity contribution in [3.8, 4) is 11.8 Å². The standard InChI is InChI=1S/C21H21NO4/c23-20(24)13-12-18-11-6-10-17(15-18)7-4-5-14-22-21(25)26-16-19-8-2-1-3-9-19/h1-3,6,8-11,15H,5,12-14,16H2,(H,22,25)(H,23,24). The molecule has 0 aliphatic heterocycles. The summed E-state index contributed by atoms with van der Waals surface area (Å²) in [7, 11) is 0. The van der Waals surface area contributed by atoms with Crippen LogP contribution in [0.25, 0.3) is 0 Å². The van der Waals surface area contributed by atoms with Crippen LogP contribution in [0, 0.1) is 11.8 Å². The topological polar surface area (TPSA) is 75.6 Å². The van der Waals surface area contributed by atoms with Crippen molar-refractivity contribution in [2.24, 2.45) is 0 Å². The zero-order chi connectivity index (χ0) is 18.6. The number of hydrogen-bond donors (Lipinski definition) is 2. The van der Waals surface area contributed by atoms with E-state index in [-0.39, 0.29) is 13.0 Å². The number of aliphatic carboxylic acids is 1. The highest BCUT2D eigenvalue weighted by Gasteiger charge is 2.01. The Labute approximate surface area is 153 Å². The first-order valence-electron chi connectivity index (χ1n) is 8.37. The van der Waals surface area contributed by atoms with Gasteiger partial charge in [0, 0.05) is 24.9 Å². The van der Waals surface area contributed by atoms with E-state index in [4.69, 9.17) is 9.84 Å².